The van der Waals surface area contributed by atoms with E-state index in [1.807, 2.05) is 54.6 Å². The molecule has 1 aromatic heterocycles. The molecule has 2 aromatic carbocycles. The van der Waals surface area contributed by atoms with Crippen LogP contribution in [0.4, 0.5) is 5.13 Å². The highest BCUT2D eigenvalue weighted by atomic mass is 32.1. The van der Waals surface area contributed by atoms with Gasteiger partial charge in [0, 0.05) is 5.56 Å². The van der Waals surface area contributed by atoms with Crippen molar-refractivity contribution in [2.24, 2.45) is 5.73 Å². The Kier molecular flexibility index (Phi) is 5.37. The topological polar surface area (TPSA) is 90.1 Å². The number of methoxy groups -OCH3 is 1. The lowest BCUT2D eigenvalue weighted by Crippen LogP contribution is -2.37. The zero-order valence-electron chi connectivity index (χ0n) is 13.7. The van der Waals surface area contributed by atoms with E-state index in [9.17, 15) is 4.79 Å². The van der Waals surface area contributed by atoms with Crippen molar-refractivity contribution in [2.45, 2.75) is 12.5 Å². The Morgan fingerprint density at radius 3 is 2.56 bits per heavy atom. The molecule has 0 spiro atoms. The third-order valence-electron chi connectivity index (χ3n) is 3.63. The average molecular weight is 354 g/mol. The van der Waals surface area contributed by atoms with Gasteiger partial charge in [-0.3, -0.25) is 10.1 Å². The van der Waals surface area contributed by atoms with Crippen LogP contribution in [0.25, 0.3) is 10.6 Å². The second kappa shape index (κ2) is 7.87. The van der Waals surface area contributed by atoms with Crippen LogP contribution in [0.3, 0.4) is 0 Å². The molecule has 0 radical (unpaired) electrons. The summed E-state index contributed by atoms with van der Waals surface area (Å²) in [4.78, 5) is 12.2. The molecule has 6 nitrogen and oxygen atoms in total. The highest BCUT2D eigenvalue weighted by molar-refractivity contribution is 7.18. The van der Waals surface area contributed by atoms with E-state index in [1.54, 1.807) is 7.11 Å². The summed E-state index contributed by atoms with van der Waals surface area (Å²) in [6.07, 6.45) is 0.469. The SMILES string of the molecule is COc1ccc(-c2nnc(NC(=O)C(N)Cc3ccccc3)s2)cc1. The summed E-state index contributed by atoms with van der Waals surface area (Å²) < 4.78 is 5.13. The van der Waals surface area contributed by atoms with Gasteiger partial charge >= 0.3 is 0 Å². The van der Waals surface area contributed by atoms with Crippen molar-refractivity contribution in [1.82, 2.24) is 10.2 Å². The van der Waals surface area contributed by atoms with Crippen molar-refractivity contribution >= 4 is 22.4 Å². The third-order valence-corrected chi connectivity index (χ3v) is 4.52. The second-order valence-corrected chi connectivity index (χ2v) is 6.40. The summed E-state index contributed by atoms with van der Waals surface area (Å²) in [6, 6.07) is 16.5. The third kappa shape index (κ3) is 4.40. The van der Waals surface area contributed by atoms with E-state index in [0.29, 0.717) is 11.6 Å². The van der Waals surface area contributed by atoms with Crippen LogP contribution in [0, 0.1) is 0 Å². The Labute approximate surface area is 149 Å². The number of hydrogen-bond donors (Lipinski definition) is 2. The van der Waals surface area contributed by atoms with E-state index >= 15 is 0 Å². The lowest BCUT2D eigenvalue weighted by molar-refractivity contribution is -0.117. The maximum absolute atomic E-state index is 12.2. The van der Waals surface area contributed by atoms with Crippen molar-refractivity contribution < 1.29 is 9.53 Å². The van der Waals surface area contributed by atoms with Crippen LogP contribution in [0.2, 0.25) is 0 Å². The van der Waals surface area contributed by atoms with E-state index in [2.05, 4.69) is 15.5 Å². The molecule has 0 saturated carbocycles. The minimum Gasteiger partial charge on any atom is -0.497 e. The second-order valence-electron chi connectivity index (χ2n) is 5.43. The standard InChI is InChI=1S/C18H18N4O2S/c1-24-14-9-7-13(8-10-14)17-21-22-18(25-17)20-16(23)15(19)11-12-5-3-2-4-6-12/h2-10,15H,11,19H2,1H3,(H,20,22,23). The molecule has 3 rings (SSSR count). The summed E-state index contributed by atoms with van der Waals surface area (Å²) in [6.45, 7) is 0. The van der Waals surface area contributed by atoms with Gasteiger partial charge in [-0.25, -0.2) is 0 Å². The van der Waals surface area contributed by atoms with Crippen LogP contribution >= 0.6 is 11.3 Å². The minimum atomic E-state index is -0.643. The molecule has 0 saturated heterocycles. The molecule has 3 N–H and O–H groups in total. The van der Waals surface area contributed by atoms with Crippen LogP contribution in [0.1, 0.15) is 5.56 Å². The van der Waals surface area contributed by atoms with Crippen molar-refractivity contribution in [1.29, 1.82) is 0 Å². The first-order chi connectivity index (χ1) is 12.2. The number of aromatic nitrogens is 2. The maximum Gasteiger partial charge on any atom is 0.243 e. The monoisotopic (exact) mass is 354 g/mol. The molecule has 1 amide bonds. The summed E-state index contributed by atoms with van der Waals surface area (Å²) in [5.41, 5.74) is 7.90. The lowest BCUT2D eigenvalue weighted by Gasteiger charge is -2.10. The number of amides is 1. The molecular formula is C18H18N4O2S. The number of nitrogens with zero attached hydrogens (tertiary/aromatic N) is 2. The highest BCUT2D eigenvalue weighted by Gasteiger charge is 2.16. The first-order valence-electron chi connectivity index (χ1n) is 7.74. The molecule has 0 aliphatic rings. The fourth-order valence-corrected chi connectivity index (χ4v) is 3.03. The van der Waals surface area contributed by atoms with Crippen LogP contribution in [-0.2, 0) is 11.2 Å². The number of ether oxygens (including phenoxy) is 1. The van der Waals surface area contributed by atoms with Gasteiger partial charge < -0.3 is 10.5 Å². The van der Waals surface area contributed by atoms with Gasteiger partial charge in [0.05, 0.1) is 13.2 Å². The number of nitrogens with one attached hydrogen (secondary N) is 1. The number of carbonyl (C=O) groups is 1. The largest absolute Gasteiger partial charge is 0.497 e. The van der Waals surface area contributed by atoms with E-state index in [-0.39, 0.29) is 5.91 Å². The first-order valence-corrected chi connectivity index (χ1v) is 8.55. The molecule has 0 bridgehead atoms. The molecule has 3 aromatic rings. The van der Waals surface area contributed by atoms with Gasteiger partial charge in [-0.1, -0.05) is 41.7 Å². The number of carbonyl (C=O) groups excluding carboxylic acids is 1. The van der Waals surface area contributed by atoms with Crippen molar-refractivity contribution in [3.8, 4) is 16.3 Å². The molecule has 25 heavy (non-hydrogen) atoms. The zero-order chi connectivity index (χ0) is 17.6. The van der Waals surface area contributed by atoms with Crippen molar-refractivity contribution in [3.05, 3.63) is 60.2 Å². The van der Waals surface area contributed by atoms with Gasteiger partial charge in [0.15, 0.2) is 0 Å². The van der Waals surface area contributed by atoms with Gasteiger partial charge in [0.25, 0.3) is 0 Å². The lowest BCUT2D eigenvalue weighted by atomic mass is 10.1. The van der Waals surface area contributed by atoms with E-state index in [0.717, 1.165) is 21.9 Å². The first kappa shape index (κ1) is 17.1. The van der Waals surface area contributed by atoms with Gasteiger partial charge in [-0.05, 0) is 36.2 Å². The predicted molar refractivity (Wildman–Crippen MR) is 98.6 cm³/mol. The van der Waals surface area contributed by atoms with Crippen molar-refractivity contribution in [3.63, 3.8) is 0 Å². The Morgan fingerprint density at radius 1 is 1.16 bits per heavy atom. The van der Waals surface area contributed by atoms with Crippen LogP contribution in [-0.4, -0.2) is 29.3 Å². The number of benzene rings is 2. The van der Waals surface area contributed by atoms with E-state index < -0.39 is 6.04 Å². The number of rotatable bonds is 6. The van der Waals surface area contributed by atoms with Gasteiger partial charge in [-0.15, -0.1) is 10.2 Å². The summed E-state index contributed by atoms with van der Waals surface area (Å²) in [5, 5.41) is 12.0. The Bertz CT molecular complexity index is 834. The predicted octanol–water partition coefficient (Wildman–Crippen LogP) is 2.72. The fraction of sp³-hybridized carbons (Fsp3) is 0.167. The molecule has 0 aliphatic heterocycles. The fourth-order valence-electron chi connectivity index (χ4n) is 2.28. The van der Waals surface area contributed by atoms with Crippen LogP contribution < -0.4 is 15.8 Å². The minimum absolute atomic E-state index is 0.277. The Balaban J connectivity index is 1.63. The molecule has 0 fully saturated rings. The number of hydrogen-bond acceptors (Lipinski definition) is 6. The van der Waals surface area contributed by atoms with Crippen molar-refractivity contribution in [2.75, 3.05) is 12.4 Å². The summed E-state index contributed by atoms with van der Waals surface area (Å²) >= 11 is 1.30. The molecule has 128 valence electrons. The van der Waals surface area contributed by atoms with Gasteiger partial charge in [0.1, 0.15) is 10.8 Å². The summed E-state index contributed by atoms with van der Waals surface area (Å²) in [7, 11) is 1.62. The molecular weight excluding hydrogens is 336 g/mol. The number of nitrogens with two attached hydrogens (primary N) is 1. The molecule has 1 unspecified atom stereocenters. The van der Waals surface area contributed by atoms with E-state index in [4.69, 9.17) is 10.5 Å². The quantitative estimate of drug-likeness (QED) is 0.710. The Morgan fingerprint density at radius 2 is 1.88 bits per heavy atom. The van der Waals surface area contributed by atoms with Gasteiger partial charge in [-0.2, -0.15) is 0 Å². The normalized spacial score (nSPS) is 11.8. The number of anilines is 1. The van der Waals surface area contributed by atoms with Crippen LogP contribution in [0.5, 0.6) is 5.75 Å². The molecule has 0 aliphatic carbocycles. The van der Waals surface area contributed by atoms with Crippen LogP contribution in [0.15, 0.2) is 54.6 Å². The average Bonchev–Trinajstić information content (AvgIpc) is 3.11. The molecule has 1 heterocycles. The smallest absolute Gasteiger partial charge is 0.243 e. The highest BCUT2D eigenvalue weighted by Crippen LogP contribution is 2.27. The van der Waals surface area contributed by atoms with Gasteiger partial charge in [0.2, 0.25) is 11.0 Å². The molecule has 1 atom stereocenters. The summed E-state index contributed by atoms with van der Waals surface area (Å²) in [5.74, 6) is 0.495. The molecule has 7 heteroatoms. The maximum atomic E-state index is 12.2. The zero-order valence-corrected chi connectivity index (χ0v) is 14.5. The van der Waals surface area contributed by atoms with E-state index in [1.165, 1.54) is 11.3 Å². The Hall–Kier alpha value is -2.77.